The number of aliphatic hydroxyl groups is 1. The highest BCUT2D eigenvalue weighted by Crippen LogP contribution is 2.38. The predicted molar refractivity (Wildman–Crippen MR) is 173 cm³/mol. The number of likely N-dealkylation sites (tertiary alicyclic amines) is 1. The largest absolute Gasteiger partial charge is 0.460 e. The quantitative estimate of drug-likeness (QED) is 0.253. The lowest BCUT2D eigenvalue weighted by molar-refractivity contribution is -0.156. The first-order valence-electron chi connectivity index (χ1n) is 15.5. The van der Waals surface area contributed by atoms with E-state index >= 15 is 0 Å². The van der Waals surface area contributed by atoms with Crippen LogP contribution in [0.3, 0.4) is 0 Å². The molecule has 0 aliphatic carbocycles. The van der Waals surface area contributed by atoms with E-state index in [-0.39, 0.29) is 37.1 Å². The van der Waals surface area contributed by atoms with Crippen LogP contribution in [-0.2, 0) is 20.8 Å². The Labute approximate surface area is 262 Å². The molecule has 0 unspecified atom stereocenters. The topological polar surface area (TPSA) is 79.3 Å². The van der Waals surface area contributed by atoms with Gasteiger partial charge in [-0.3, -0.25) is 14.6 Å². The lowest BCUT2D eigenvalue weighted by Gasteiger charge is -2.37. The molecule has 0 saturated carbocycles. The van der Waals surface area contributed by atoms with E-state index in [4.69, 9.17) is 9.47 Å². The molecule has 0 spiro atoms. The number of amides is 1. The van der Waals surface area contributed by atoms with Gasteiger partial charge in [-0.05, 0) is 77.1 Å². The number of hydrogen-bond donors (Lipinski definition) is 1. The zero-order valence-corrected chi connectivity index (χ0v) is 27.2. The first-order valence-corrected chi connectivity index (χ1v) is 15.5. The average molecular weight is 601 g/mol. The molecule has 44 heavy (non-hydrogen) atoms. The number of benzene rings is 3. The number of hydrogen-bond acceptors (Lipinski definition) is 6. The Balaban J connectivity index is 1.70. The minimum Gasteiger partial charge on any atom is -0.460 e. The third-order valence-electron chi connectivity index (χ3n) is 7.78. The lowest BCUT2D eigenvalue weighted by atomic mass is 9.94. The van der Waals surface area contributed by atoms with E-state index in [1.54, 1.807) is 4.90 Å². The first kappa shape index (κ1) is 33.2. The van der Waals surface area contributed by atoms with Crippen LogP contribution in [0.25, 0.3) is 0 Å². The van der Waals surface area contributed by atoms with Crippen LogP contribution >= 0.6 is 0 Å². The van der Waals surface area contributed by atoms with Gasteiger partial charge in [0, 0.05) is 18.6 Å². The Hall–Kier alpha value is -3.68. The van der Waals surface area contributed by atoms with E-state index in [9.17, 15) is 14.7 Å². The molecule has 4 atom stereocenters. The van der Waals surface area contributed by atoms with E-state index in [0.29, 0.717) is 13.0 Å². The minimum absolute atomic E-state index is 0.00356. The highest BCUT2D eigenvalue weighted by molar-refractivity contribution is 5.71. The van der Waals surface area contributed by atoms with Crippen molar-refractivity contribution in [3.8, 4) is 0 Å². The number of β-amino-alcohol motifs (C(OH)–C–C–N with tert-alkyl or cyclic N) is 1. The second-order valence-electron chi connectivity index (χ2n) is 13.8. The van der Waals surface area contributed by atoms with E-state index in [1.807, 2.05) is 102 Å². The minimum atomic E-state index is -0.633. The summed E-state index contributed by atoms with van der Waals surface area (Å²) in [6, 6.07) is 28.1. The van der Waals surface area contributed by atoms with Crippen molar-refractivity contribution in [1.82, 2.24) is 9.80 Å². The Morgan fingerprint density at radius 3 is 1.98 bits per heavy atom. The van der Waals surface area contributed by atoms with E-state index < -0.39 is 23.4 Å². The van der Waals surface area contributed by atoms with Gasteiger partial charge in [-0.25, -0.2) is 4.79 Å². The van der Waals surface area contributed by atoms with Gasteiger partial charge in [0.25, 0.3) is 0 Å². The van der Waals surface area contributed by atoms with Gasteiger partial charge in [0.15, 0.2) is 0 Å². The number of nitrogens with zero attached hydrogens (tertiary/aromatic N) is 2. The predicted octanol–water partition coefficient (Wildman–Crippen LogP) is 7.77. The van der Waals surface area contributed by atoms with Crippen LogP contribution < -0.4 is 0 Å². The van der Waals surface area contributed by atoms with Crippen LogP contribution in [0, 0.1) is 0 Å². The van der Waals surface area contributed by atoms with Gasteiger partial charge in [-0.2, -0.15) is 0 Å². The molecule has 1 fully saturated rings. The van der Waals surface area contributed by atoms with Crippen LogP contribution in [0.15, 0.2) is 84.9 Å². The normalized spacial score (nSPS) is 18.6. The molecule has 1 amide bonds. The SMILES string of the molecule is C[C@H](c1ccccc1)N(Cc1ccccc1)[C@@H](CC(=O)OC(C)(C)C)c1ccc([C@H]2C[C@@H](O)CN2C(=O)OC(C)(C)C)cc1. The summed E-state index contributed by atoms with van der Waals surface area (Å²) in [5.41, 5.74) is 2.95. The molecule has 1 aliphatic heterocycles. The summed E-state index contributed by atoms with van der Waals surface area (Å²) in [4.78, 5) is 30.3. The summed E-state index contributed by atoms with van der Waals surface area (Å²) in [5, 5.41) is 10.5. The zero-order valence-electron chi connectivity index (χ0n) is 27.2. The van der Waals surface area contributed by atoms with Gasteiger partial charge >= 0.3 is 12.1 Å². The van der Waals surface area contributed by atoms with Crippen LogP contribution in [0.1, 0.15) is 102 Å². The van der Waals surface area contributed by atoms with Crippen LogP contribution in [-0.4, -0.2) is 50.8 Å². The molecule has 7 nitrogen and oxygen atoms in total. The van der Waals surface area contributed by atoms with Gasteiger partial charge in [-0.15, -0.1) is 0 Å². The molecular formula is C37H48N2O5. The van der Waals surface area contributed by atoms with Crippen molar-refractivity contribution in [2.75, 3.05) is 6.54 Å². The summed E-state index contributed by atoms with van der Waals surface area (Å²) in [6.45, 7) is 14.2. The maximum absolute atomic E-state index is 13.4. The summed E-state index contributed by atoms with van der Waals surface area (Å²) in [6.07, 6.45) is -0.449. The number of aliphatic hydroxyl groups excluding tert-OH is 1. The van der Waals surface area contributed by atoms with Crippen molar-refractivity contribution in [3.05, 3.63) is 107 Å². The van der Waals surface area contributed by atoms with Crippen molar-refractivity contribution in [3.63, 3.8) is 0 Å². The molecular weight excluding hydrogens is 552 g/mol. The fraction of sp³-hybridized carbons (Fsp3) is 0.459. The van der Waals surface area contributed by atoms with Gasteiger partial charge in [-0.1, -0.05) is 84.9 Å². The van der Waals surface area contributed by atoms with Gasteiger partial charge in [0.2, 0.25) is 0 Å². The third kappa shape index (κ3) is 9.16. The molecule has 1 heterocycles. The fourth-order valence-electron chi connectivity index (χ4n) is 5.79. The fourth-order valence-corrected chi connectivity index (χ4v) is 5.79. The highest BCUT2D eigenvalue weighted by Gasteiger charge is 2.38. The standard InChI is InChI=1S/C37H48N2O5/c1-26(28-16-12-9-13-17-28)38(24-27-14-10-8-11-15-27)33(23-34(41)43-36(2,3)4)30-20-18-29(19-21-30)32-22-31(40)25-39(32)35(42)44-37(5,6)7/h8-21,26,31-33,40H,22-25H2,1-7H3/t26-,31-,32-,33+/m1/s1. The van der Waals surface area contributed by atoms with E-state index in [1.165, 1.54) is 0 Å². The summed E-state index contributed by atoms with van der Waals surface area (Å²) < 4.78 is 11.5. The maximum Gasteiger partial charge on any atom is 0.410 e. The number of ether oxygens (including phenoxy) is 2. The molecule has 0 aromatic heterocycles. The number of carbonyl (C=O) groups is 2. The average Bonchev–Trinajstić information content (AvgIpc) is 3.36. The molecule has 0 bridgehead atoms. The molecule has 3 aromatic carbocycles. The Kier molecular flexibility index (Phi) is 10.5. The van der Waals surface area contributed by atoms with Crippen LogP contribution in [0.5, 0.6) is 0 Å². The molecule has 1 N–H and O–H groups in total. The Morgan fingerprint density at radius 2 is 1.41 bits per heavy atom. The monoisotopic (exact) mass is 600 g/mol. The van der Waals surface area contributed by atoms with Crippen LogP contribution in [0.2, 0.25) is 0 Å². The molecule has 0 radical (unpaired) electrons. The van der Waals surface area contributed by atoms with Crippen molar-refractivity contribution in [2.45, 2.75) is 103 Å². The summed E-state index contributed by atoms with van der Waals surface area (Å²) >= 11 is 0. The summed E-state index contributed by atoms with van der Waals surface area (Å²) in [7, 11) is 0. The van der Waals surface area contributed by atoms with E-state index in [2.05, 4.69) is 36.1 Å². The second-order valence-corrected chi connectivity index (χ2v) is 13.8. The zero-order chi connectivity index (χ0) is 32.1. The molecule has 1 aliphatic rings. The molecule has 7 heteroatoms. The van der Waals surface area contributed by atoms with Crippen molar-refractivity contribution in [1.29, 1.82) is 0 Å². The van der Waals surface area contributed by atoms with Crippen molar-refractivity contribution < 1.29 is 24.2 Å². The van der Waals surface area contributed by atoms with Gasteiger partial charge < -0.3 is 14.6 Å². The third-order valence-corrected chi connectivity index (χ3v) is 7.78. The Bertz CT molecular complexity index is 1360. The highest BCUT2D eigenvalue weighted by atomic mass is 16.6. The van der Waals surface area contributed by atoms with Gasteiger partial charge in [0.05, 0.1) is 25.1 Å². The molecule has 236 valence electrons. The molecule has 4 rings (SSSR count). The molecule has 3 aromatic rings. The van der Waals surface area contributed by atoms with E-state index in [0.717, 1.165) is 22.3 Å². The maximum atomic E-state index is 13.4. The number of esters is 1. The first-order chi connectivity index (χ1) is 20.7. The second kappa shape index (κ2) is 14.0. The van der Waals surface area contributed by atoms with Crippen molar-refractivity contribution >= 4 is 12.1 Å². The lowest BCUT2D eigenvalue weighted by Crippen LogP contribution is -2.37. The smallest absolute Gasteiger partial charge is 0.410 e. The Morgan fingerprint density at radius 1 is 0.841 bits per heavy atom. The molecule has 1 saturated heterocycles. The van der Waals surface area contributed by atoms with Crippen molar-refractivity contribution in [2.24, 2.45) is 0 Å². The number of carbonyl (C=O) groups excluding carboxylic acids is 2. The summed E-state index contributed by atoms with van der Waals surface area (Å²) in [5.74, 6) is -0.264. The van der Waals surface area contributed by atoms with Crippen LogP contribution in [0.4, 0.5) is 4.79 Å². The van der Waals surface area contributed by atoms with Gasteiger partial charge in [0.1, 0.15) is 11.2 Å². The number of rotatable bonds is 9.